The van der Waals surface area contributed by atoms with Gasteiger partial charge in [-0.05, 0) is 19.1 Å². The zero-order valence-electron chi connectivity index (χ0n) is 15.8. The molecule has 0 unspecified atom stereocenters. The van der Waals surface area contributed by atoms with Crippen molar-refractivity contribution in [2.75, 3.05) is 26.2 Å². The van der Waals surface area contributed by atoms with Gasteiger partial charge >= 0.3 is 0 Å². The number of aryl methyl sites for hydroxylation is 1. The Morgan fingerprint density at radius 2 is 2.00 bits per heavy atom. The first-order valence-electron chi connectivity index (χ1n) is 9.15. The van der Waals surface area contributed by atoms with E-state index >= 15 is 0 Å². The van der Waals surface area contributed by atoms with Crippen molar-refractivity contribution < 1.29 is 9.72 Å². The van der Waals surface area contributed by atoms with Crippen LogP contribution in [0, 0.1) is 17.0 Å². The molecule has 9 nitrogen and oxygen atoms in total. The van der Waals surface area contributed by atoms with Gasteiger partial charge in [0.1, 0.15) is 0 Å². The lowest BCUT2D eigenvalue weighted by Gasteiger charge is -2.34. The highest BCUT2D eigenvalue weighted by Crippen LogP contribution is 2.20. The summed E-state index contributed by atoms with van der Waals surface area (Å²) in [5, 5.41) is 12.8. The van der Waals surface area contributed by atoms with E-state index < -0.39 is 4.92 Å². The van der Waals surface area contributed by atoms with Crippen LogP contribution in [0.2, 0.25) is 0 Å². The summed E-state index contributed by atoms with van der Waals surface area (Å²) in [6.07, 6.45) is 1.71. The van der Waals surface area contributed by atoms with Gasteiger partial charge in [-0.1, -0.05) is 0 Å². The van der Waals surface area contributed by atoms with Crippen molar-refractivity contribution in [3.63, 3.8) is 0 Å². The summed E-state index contributed by atoms with van der Waals surface area (Å²) in [6, 6.07) is 6.01. The minimum absolute atomic E-state index is 0.0116. The summed E-state index contributed by atoms with van der Waals surface area (Å²) in [5.74, 6) is -0.126. The number of amides is 1. The van der Waals surface area contributed by atoms with Crippen LogP contribution in [0.1, 0.15) is 21.6 Å². The Bertz CT molecular complexity index is 1150. The van der Waals surface area contributed by atoms with Crippen LogP contribution in [0.4, 0.5) is 5.69 Å². The van der Waals surface area contributed by atoms with E-state index in [4.69, 9.17) is 0 Å². The lowest BCUT2D eigenvalue weighted by Crippen LogP contribution is -2.48. The molecule has 1 amide bonds. The van der Waals surface area contributed by atoms with Gasteiger partial charge in [0.25, 0.3) is 17.2 Å². The summed E-state index contributed by atoms with van der Waals surface area (Å²) in [5.41, 5.74) is 1.58. The molecule has 1 aliphatic heterocycles. The summed E-state index contributed by atoms with van der Waals surface area (Å²) < 4.78 is 1.52. The number of nitro benzene ring substituents is 1. The molecule has 29 heavy (non-hydrogen) atoms. The number of nitrogens with zero attached hydrogens (tertiary/aromatic N) is 5. The number of carbonyl (C=O) groups excluding carboxylic acids is 1. The Morgan fingerprint density at radius 3 is 2.69 bits per heavy atom. The molecule has 0 aliphatic carbocycles. The van der Waals surface area contributed by atoms with Crippen LogP contribution in [-0.4, -0.2) is 56.2 Å². The summed E-state index contributed by atoms with van der Waals surface area (Å²) in [7, 11) is 0. The molecule has 150 valence electrons. The zero-order chi connectivity index (χ0) is 20.5. The van der Waals surface area contributed by atoms with Gasteiger partial charge in [-0.15, -0.1) is 11.3 Å². The number of aromatic nitrogens is 2. The standard InChI is InChI=1S/C19H19N5O4S/c1-13-10-14(2-3-16(13)24(27)28)18(26)22-6-4-21(5-7-22)12-15-11-17(25)23-8-9-29-19(23)20-15/h2-3,8-11H,4-7,12H2,1H3. The third-order valence-corrected chi connectivity index (χ3v) is 5.80. The van der Waals surface area contributed by atoms with Crippen molar-refractivity contribution in [1.29, 1.82) is 0 Å². The zero-order valence-corrected chi connectivity index (χ0v) is 16.6. The number of benzene rings is 1. The molecule has 10 heteroatoms. The normalized spacial score (nSPS) is 15.0. The third kappa shape index (κ3) is 3.89. The van der Waals surface area contributed by atoms with Crippen LogP contribution in [0.5, 0.6) is 0 Å². The topological polar surface area (TPSA) is 101 Å². The summed E-state index contributed by atoms with van der Waals surface area (Å²) >= 11 is 1.42. The second kappa shape index (κ2) is 7.72. The first-order valence-corrected chi connectivity index (χ1v) is 10.0. The number of fused-ring (bicyclic) bond motifs is 1. The van der Waals surface area contributed by atoms with Crippen molar-refractivity contribution in [2.24, 2.45) is 0 Å². The number of hydrogen-bond donors (Lipinski definition) is 0. The van der Waals surface area contributed by atoms with Gasteiger partial charge in [0.15, 0.2) is 4.96 Å². The van der Waals surface area contributed by atoms with E-state index in [9.17, 15) is 19.7 Å². The number of carbonyl (C=O) groups is 1. The Kier molecular flexibility index (Phi) is 5.12. The third-order valence-electron chi connectivity index (χ3n) is 5.04. The molecular formula is C19H19N5O4S. The second-order valence-corrected chi connectivity index (χ2v) is 7.84. The van der Waals surface area contributed by atoms with Crippen LogP contribution in [0.25, 0.3) is 4.96 Å². The minimum Gasteiger partial charge on any atom is -0.336 e. The molecule has 2 aromatic heterocycles. The molecule has 0 radical (unpaired) electrons. The van der Waals surface area contributed by atoms with E-state index in [0.29, 0.717) is 48.8 Å². The van der Waals surface area contributed by atoms with Gasteiger partial charge in [0.2, 0.25) is 0 Å². The van der Waals surface area contributed by atoms with Crippen LogP contribution in [-0.2, 0) is 6.54 Å². The van der Waals surface area contributed by atoms with Gasteiger partial charge in [0.05, 0.1) is 10.6 Å². The maximum absolute atomic E-state index is 12.7. The molecule has 0 spiro atoms. The predicted octanol–water partition coefficient (Wildman–Crippen LogP) is 1.93. The number of nitro groups is 1. The first-order chi connectivity index (χ1) is 13.9. The predicted molar refractivity (Wildman–Crippen MR) is 108 cm³/mol. The molecule has 0 saturated carbocycles. The fraction of sp³-hybridized carbons (Fsp3) is 0.316. The highest BCUT2D eigenvalue weighted by molar-refractivity contribution is 7.15. The van der Waals surface area contributed by atoms with Crippen LogP contribution < -0.4 is 5.56 Å². The first kappa shape index (κ1) is 19.2. The lowest BCUT2D eigenvalue weighted by atomic mass is 10.1. The van der Waals surface area contributed by atoms with Gasteiger partial charge in [-0.2, -0.15) is 0 Å². The van der Waals surface area contributed by atoms with Gasteiger partial charge < -0.3 is 4.90 Å². The largest absolute Gasteiger partial charge is 0.336 e. The van der Waals surface area contributed by atoms with E-state index in [1.807, 2.05) is 5.38 Å². The fourth-order valence-electron chi connectivity index (χ4n) is 3.48. The Hall–Kier alpha value is -3.11. The Balaban J connectivity index is 1.39. The van der Waals surface area contributed by atoms with Crippen molar-refractivity contribution in [3.8, 4) is 0 Å². The molecule has 1 aromatic carbocycles. The van der Waals surface area contributed by atoms with Crippen LogP contribution in [0.15, 0.2) is 40.6 Å². The molecule has 4 rings (SSSR count). The summed E-state index contributed by atoms with van der Waals surface area (Å²) in [4.78, 5) is 44.5. The van der Waals surface area contributed by atoms with Gasteiger partial charge in [-0.3, -0.25) is 29.0 Å². The minimum atomic E-state index is -0.449. The number of piperazine rings is 1. The molecule has 1 saturated heterocycles. The van der Waals surface area contributed by atoms with Gasteiger partial charge in [0, 0.05) is 67.6 Å². The van der Waals surface area contributed by atoms with Crippen LogP contribution >= 0.6 is 11.3 Å². The fourth-order valence-corrected chi connectivity index (χ4v) is 4.22. The average Bonchev–Trinajstić information content (AvgIpc) is 3.17. The van der Waals surface area contributed by atoms with Crippen molar-refractivity contribution in [2.45, 2.75) is 13.5 Å². The highest BCUT2D eigenvalue weighted by atomic mass is 32.1. The van der Waals surface area contributed by atoms with E-state index in [-0.39, 0.29) is 17.2 Å². The van der Waals surface area contributed by atoms with E-state index in [1.54, 1.807) is 30.2 Å². The van der Waals surface area contributed by atoms with E-state index in [2.05, 4.69) is 9.88 Å². The molecule has 1 fully saturated rings. The van der Waals surface area contributed by atoms with Crippen LogP contribution in [0.3, 0.4) is 0 Å². The molecule has 0 atom stereocenters. The van der Waals surface area contributed by atoms with Gasteiger partial charge in [-0.25, -0.2) is 4.98 Å². The monoisotopic (exact) mass is 413 g/mol. The Labute approximate surface area is 170 Å². The molecule has 0 bridgehead atoms. The molecule has 0 N–H and O–H groups in total. The number of hydrogen-bond acceptors (Lipinski definition) is 7. The maximum atomic E-state index is 12.7. The summed E-state index contributed by atoms with van der Waals surface area (Å²) in [6.45, 7) is 4.63. The molecular weight excluding hydrogens is 394 g/mol. The van der Waals surface area contributed by atoms with E-state index in [1.165, 1.54) is 27.9 Å². The lowest BCUT2D eigenvalue weighted by molar-refractivity contribution is -0.385. The van der Waals surface area contributed by atoms with Crippen molar-refractivity contribution >= 4 is 27.9 Å². The molecule has 1 aliphatic rings. The smallest absolute Gasteiger partial charge is 0.272 e. The van der Waals surface area contributed by atoms with E-state index in [0.717, 1.165) is 5.69 Å². The quantitative estimate of drug-likeness (QED) is 0.479. The SMILES string of the molecule is Cc1cc(C(=O)N2CCN(Cc3cc(=O)n4ccsc4n3)CC2)ccc1[N+](=O)[O-]. The number of thiazole rings is 1. The number of rotatable bonds is 4. The highest BCUT2D eigenvalue weighted by Gasteiger charge is 2.24. The van der Waals surface area contributed by atoms with Crippen molar-refractivity contribution in [3.05, 3.63) is 73.1 Å². The van der Waals surface area contributed by atoms with Crippen molar-refractivity contribution in [1.82, 2.24) is 19.2 Å². The molecule has 3 aromatic rings. The molecule has 3 heterocycles. The second-order valence-electron chi connectivity index (χ2n) is 6.97. The maximum Gasteiger partial charge on any atom is 0.272 e. The Morgan fingerprint density at radius 1 is 1.24 bits per heavy atom. The average molecular weight is 413 g/mol.